The zero-order valence-electron chi connectivity index (χ0n) is 22.9. The van der Waals surface area contributed by atoms with Crippen LogP contribution < -0.4 is 21.3 Å². The monoisotopic (exact) mass is 563 g/mol. The number of hydrogen-bond donors (Lipinski definition) is 4. The Morgan fingerprint density at radius 3 is 2.37 bits per heavy atom. The third kappa shape index (κ3) is 7.71. The lowest BCUT2D eigenvalue weighted by molar-refractivity contribution is -0.146. The molecule has 0 bridgehead atoms. The Balaban J connectivity index is 1.43. The Bertz CT molecular complexity index is 1330. The first-order valence-electron chi connectivity index (χ1n) is 13.5. The summed E-state index contributed by atoms with van der Waals surface area (Å²) in [5.41, 5.74) is 1.78. The van der Waals surface area contributed by atoms with Crippen LogP contribution in [0, 0.1) is 5.92 Å². The van der Waals surface area contributed by atoms with Gasteiger partial charge in [0.2, 0.25) is 23.5 Å². The van der Waals surface area contributed by atoms with Crippen molar-refractivity contribution in [3.05, 3.63) is 59.7 Å². The van der Waals surface area contributed by atoms with Crippen LogP contribution in [0.1, 0.15) is 48.3 Å². The van der Waals surface area contributed by atoms with Crippen molar-refractivity contribution in [3.63, 3.8) is 0 Å². The Kier molecular flexibility index (Phi) is 9.37. The van der Waals surface area contributed by atoms with E-state index >= 15 is 0 Å². The molecule has 0 radical (unpaired) electrons. The number of aromatic nitrogens is 2. The number of hydrogen-bond acceptors (Lipinski definition) is 8. The molecule has 13 nitrogen and oxygen atoms in total. The first kappa shape index (κ1) is 29.3. The van der Waals surface area contributed by atoms with Crippen LogP contribution in [0.3, 0.4) is 0 Å². The van der Waals surface area contributed by atoms with Gasteiger partial charge in [0.15, 0.2) is 0 Å². The molecular weight excluding hydrogens is 530 g/mol. The smallest absolute Gasteiger partial charge is 0.289 e. The molecule has 13 heteroatoms. The van der Waals surface area contributed by atoms with Gasteiger partial charge in [0, 0.05) is 31.4 Å². The van der Waals surface area contributed by atoms with E-state index in [9.17, 15) is 28.8 Å². The summed E-state index contributed by atoms with van der Waals surface area (Å²) in [6.45, 7) is 2.74. The molecule has 1 saturated carbocycles. The quantitative estimate of drug-likeness (QED) is 0.258. The van der Waals surface area contributed by atoms with Gasteiger partial charge in [-0.25, -0.2) is 4.98 Å². The van der Waals surface area contributed by atoms with Crippen LogP contribution in [0.15, 0.2) is 42.9 Å². The van der Waals surface area contributed by atoms with Gasteiger partial charge in [-0.3, -0.25) is 33.8 Å². The van der Waals surface area contributed by atoms with E-state index in [2.05, 4.69) is 31.2 Å². The van der Waals surface area contributed by atoms with Crippen molar-refractivity contribution in [1.82, 2.24) is 36.1 Å². The number of Topliss-reactive ketones (excluding diaryl/α,β-unsaturated/α-hetero) is 1. The average Bonchev–Trinajstić information content (AvgIpc) is 3.80. The normalized spacial score (nSPS) is 16.7. The number of nitrogens with zero attached hydrogens (tertiary/aromatic N) is 3. The highest BCUT2D eigenvalue weighted by molar-refractivity contribution is 6.37. The summed E-state index contributed by atoms with van der Waals surface area (Å²) in [4.78, 5) is 85.4. The van der Waals surface area contributed by atoms with Crippen LogP contribution in [0.2, 0.25) is 0 Å². The summed E-state index contributed by atoms with van der Waals surface area (Å²) in [6.07, 6.45) is 5.88. The number of benzene rings is 1. The summed E-state index contributed by atoms with van der Waals surface area (Å²) in [7, 11) is 0. The predicted octanol–water partition coefficient (Wildman–Crippen LogP) is -0.735. The Morgan fingerprint density at radius 2 is 1.71 bits per heavy atom. The van der Waals surface area contributed by atoms with Crippen LogP contribution in [0.4, 0.5) is 0 Å². The van der Waals surface area contributed by atoms with Crippen LogP contribution >= 0.6 is 0 Å². The highest BCUT2D eigenvalue weighted by Crippen LogP contribution is 2.25. The fourth-order valence-corrected chi connectivity index (χ4v) is 4.43. The summed E-state index contributed by atoms with van der Waals surface area (Å²) in [5, 5.41) is 10.2. The number of carbonyl (C=O) groups is 6. The molecular formula is C28H33N7O6. The van der Waals surface area contributed by atoms with E-state index in [1.165, 1.54) is 23.5 Å². The van der Waals surface area contributed by atoms with Gasteiger partial charge in [-0.1, -0.05) is 38.1 Å². The fourth-order valence-electron chi connectivity index (χ4n) is 4.43. The van der Waals surface area contributed by atoms with E-state index < -0.39 is 60.5 Å². The maximum Gasteiger partial charge on any atom is 0.289 e. The van der Waals surface area contributed by atoms with Crippen molar-refractivity contribution in [3.8, 4) is 0 Å². The predicted molar refractivity (Wildman–Crippen MR) is 145 cm³/mol. The molecule has 1 fully saturated rings. The second-order valence-corrected chi connectivity index (χ2v) is 10.4. The van der Waals surface area contributed by atoms with Crippen molar-refractivity contribution < 1.29 is 28.8 Å². The summed E-state index contributed by atoms with van der Waals surface area (Å²) < 4.78 is 0. The van der Waals surface area contributed by atoms with E-state index in [1.807, 2.05) is 24.3 Å². The second-order valence-electron chi connectivity index (χ2n) is 10.4. The number of carbonyl (C=O) groups excluding carboxylic acids is 6. The van der Waals surface area contributed by atoms with Gasteiger partial charge in [0.05, 0.1) is 19.3 Å². The highest BCUT2D eigenvalue weighted by Gasteiger charge is 2.39. The van der Waals surface area contributed by atoms with Crippen LogP contribution in [0.5, 0.6) is 0 Å². The zero-order chi connectivity index (χ0) is 29.5. The number of nitrogens with one attached hydrogen (secondary N) is 4. The molecule has 1 aromatic heterocycles. The molecule has 2 atom stereocenters. The molecule has 2 heterocycles. The molecule has 0 saturated heterocycles. The molecule has 5 amide bonds. The summed E-state index contributed by atoms with van der Waals surface area (Å²) >= 11 is 0. The van der Waals surface area contributed by atoms with Gasteiger partial charge in [0.1, 0.15) is 17.8 Å². The van der Waals surface area contributed by atoms with E-state index in [4.69, 9.17) is 0 Å². The lowest BCUT2D eigenvalue weighted by atomic mass is 9.91. The minimum atomic E-state index is -0.998. The maximum absolute atomic E-state index is 13.8. The molecule has 4 N–H and O–H groups in total. The minimum absolute atomic E-state index is 0.00798. The molecule has 1 aliphatic heterocycles. The van der Waals surface area contributed by atoms with Crippen LogP contribution in [0.25, 0.3) is 0 Å². The lowest BCUT2D eigenvalue weighted by Crippen LogP contribution is -2.59. The van der Waals surface area contributed by atoms with E-state index in [-0.39, 0.29) is 30.6 Å². The SMILES string of the molecule is CC(C)C(NC(=O)CNC(=O)c1cnccn1)C(=O)N1Cc2ccccc2CC1C(=O)NCC(=O)C(=O)NC1CC1. The van der Waals surface area contributed by atoms with Crippen molar-refractivity contribution in [2.75, 3.05) is 13.1 Å². The van der Waals surface area contributed by atoms with Gasteiger partial charge < -0.3 is 26.2 Å². The molecule has 2 aliphatic rings. The Labute approximate surface area is 236 Å². The van der Waals surface area contributed by atoms with Crippen molar-refractivity contribution in [2.24, 2.45) is 5.92 Å². The molecule has 2 unspecified atom stereocenters. The number of fused-ring (bicyclic) bond motifs is 1. The largest absolute Gasteiger partial charge is 0.347 e. The van der Waals surface area contributed by atoms with E-state index in [0.717, 1.165) is 24.0 Å². The van der Waals surface area contributed by atoms with Gasteiger partial charge in [-0.15, -0.1) is 0 Å². The van der Waals surface area contributed by atoms with E-state index in [1.54, 1.807) is 13.8 Å². The molecule has 0 spiro atoms. The number of rotatable bonds is 11. The van der Waals surface area contributed by atoms with Gasteiger partial charge in [-0.05, 0) is 29.9 Å². The minimum Gasteiger partial charge on any atom is -0.347 e. The second kappa shape index (κ2) is 13.1. The first-order chi connectivity index (χ1) is 19.6. The van der Waals surface area contributed by atoms with Gasteiger partial charge in [0.25, 0.3) is 11.8 Å². The lowest BCUT2D eigenvalue weighted by Gasteiger charge is -2.38. The third-order valence-electron chi connectivity index (χ3n) is 6.88. The number of amides is 5. The first-order valence-corrected chi connectivity index (χ1v) is 13.5. The Morgan fingerprint density at radius 1 is 0.976 bits per heavy atom. The van der Waals surface area contributed by atoms with Crippen LogP contribution in [-0.4, -0.2) is 81.4 Å². The fraction of sp³-hybridized carbons (Fsp3) is 0.429. The van der Waals surface area contributed by atoms with Crippen LogP contribution in [-0.2, 0) is 36.9 Å². The maximum atomic E-state index is 13.8. The Hall–Kier alpha value is -4.68. The van der Waals surface area contributed by atoms with Gasteiger partial charge >= 0.3 is 0 Å². The highest BCUT2D eigenvalue weighted by atomic mass is 16.2. The third-order valence-corrected chi connectivity index (χ3v) is 6.88. The number of ketones is 1. The standard InChI is InChI=1S/C28H33N7O6/c1-16(2)24(34-23(37)14-32-25(38)20-12-29-9-10-30-20)28(41)35-15-18-6-4-3-5-17(18)11-21(35)26(39)31-13-22(36)27(40)33-19-7-8-19/h3-6,9-10,12,16,19,21,24H,7-8,11,13-15H2,1-2H3,(H,31,39)(H,32,38)(H,33,40)(H,34,37). The van der Waals surface area contributed by atoms with Gasteiger partial charge in [-0.2, -0.15) is 0 Å². The molecule has 41 heavy (non-hydrogen) atoms. The average molecular weight is 564 g/mol. The van der Waals surface area contributed by atoms with E-state index in [0.29, 0.717) is 0 Å². The summed E-state index contributed by atoms with van der Waals surface area (Å²) in [6, 6.07) is 5.44. The van der Waals surface area contributed by atoms with Crippen molar-refractivity contribution >= 4 is 35.3 Å². The van der Waals surface area contributed by atoms with Crippen molar-refractivity contribution in [2.45, 2.75) is 57.8 Å². The molecule has 2 aromatic rings. The topological polar surface area (TPSA) is 180 Å². The molecule has 1 aliphatic carbocycles. The summed E-state index contributed by atoms with van der Waals surface area (Å²) in [5.74, 6) is -4.12. The molecule has 4 rings (SSSR count). The zero-order valence-corrected chi connectivity index (χ0v) is 22.9. The molecule has 1 aromatic carbocycles. The molecule has 216 valence electrons. The van der Waals surface area contributed by atoms with Crippen molar-refractivity contribution in [1.29, 1.82) is 0 Å².